The molecule has 86 valence electrons. The third-order valence-electron chi connectivity index (χ3n) is 1.65. The summed E-state index contributed by atoms with van der Waals surface area (Å²) in [6, 6.07) is 0. The lowest BCUT2D eigenvalue weighted by atomic mass is 10.4. The molecule has 0 radical (unpaired) electrons. The molecule has 0 aliphatic carbocycles. The average molecular weight is 205 g/mol. The lowest BCUT2D eigenvalue weighted by Crippen LogP contribution is -2.22. The molecule has 0 bridgehead atoms. The van der Waals surface area contributed by atoms with Crippen LogP contribution in [0.4, 0.5) is 0 Å². The molecule has 2 N–H and O–H groups in total. The number of rotatable bonds is 11. The maximum absolute atomic E-state index is 8.43. The van der Waals surface area contributed by atoms with Crippen LogP contribution in [0.5, 0.6) is 0 Å². The van der Waals surface area contributed by atoms with Crippen molar-refractivity contribution in [3.8, 4) is 0 Å². The fraction of sp³-hybridized carbons (Fsp3) is 1.00. The normalized spacial score (nSPS) is 10.7. The summed E-state index contributed by atoms with van der Waals surface area (Å²) < 4.78 is 10.4. The van der Waals surface area contributed by atoms with Gasteiger partial charge in [0.05, 0.1) is 19.8 Å². The van der Waals surface area contributed by atoms with Gasteiger partial charge in [-0.25, -0.2) is 0 Å². The van der Waals surface area contributed by atoms with Crippen molar-refractivity contribution in [3.63, 3.8) is 0 Å². The van der Waals surface area contributed by atoms with Crippen molar-refractivity contribution in [2.24, 2.45) is 0 Å². The third kappa shape index (κ3) is 11.8. The summed E-state index contributed by atoms with van der Waals surface area (Å²) in [7, 11) is 0. The molecule has 0 aromatic rings. The summed E-state index contributed by atoms with van der Waals surface area (Å²) in [4.78, 5) is 0. The molecule has 4 heteroatoms. The molecule has 0 aliphatic rings. The van der Waals surface area contributed by atoms with Gasteiger partial charge in [0.15, 0.2) is 0 Å². The Labute approximate surface area is 86.6 Å². The zero-order valence-electron chi connectivity index (χ0n) is 9.13. The third-order valence-corrected chi connectivity index (χ3v) is 1.65. The van der Waals surface area contributed by atoms with E-state index in [2.05, 4.69) is 12.2 Å². The Kier molecular flexibility index (Phi) is 12.7. The first-order valence-electron chi connectivity index (χ1n) is 5.39. The van der Waals surface area contributed by atoms with Gasteiger partial charge in [-0.1, -0.05) is 6.92 Å². The molecular formula is C10H23NO3. The highest BCUT2D eigenvalue weighted by molar-refractivity contribution is 4.46. The van der Waals surface area contributed by atoms with E-state index in [1.165, 1.54) is 0 Å². The Hall–Kier alpha value is -0.160. The summed E-state index contributed by atoms with van der Waals surface area (Å²) in [6.45, 7) is 6.80. The van der Waals surface area contributed by atoms with Crippen LogP contribution in [-0.4, -0.2) is 51.2 Å². The second-order valence-electron chi connectivity index (χ2n) is 3.05. The van der Waals surface area contributed by atoms with Gasteiger partial charge in [0, 0.05) is 19.8 Å². The topological polar surface area (TPSA) is 50.7 Å². The molecule has 0 spiro atoms. The van der Waals surface area contributed by atoms with E-state index in [0.29, 0.717) is 13.2 Å². The molecule has 14 heavy (non-hydrogen) atoms. The highest BCUT2D eigenvalue weighted by Crippen LogP contribution is 1.83. The minimum absolute atomic E-state index is 0.102. The number of nitrogens with one attached hydrogen (secondary N) is 1. The van der Waals surface area contributed by atoms with Gasteiger partial charge in [0.25, 0.3) is 0 Å². The van der Waals surface area contributed by atoms with Crippen molar-refractivity contribution in [3.05, 3.63) is 0 Å². The molecule has 0 rings (SSSR count). The quantitative estimate of drug-likeness (QED) is 0.479. The molecular weight excluding hydrogens is 182 g/mol. The molecule has 0 aromatic carbocycles. The zero-order valence-corrected chi connectivity index (χ0v) is 9.13. The highest BCUT2D eigenvalue weighted by Gasteiger charge is 1.89. The van der Waals surface area contributed by atoms with Crippen LogP contribution in [0.25, 0.3) is 0 Å². The summed E-state index contributed by atoms with van der Waals surface area (Å²) in [6.07, 6.45) is 2.13. The maximum Gasteiger partial charge on any atom is 0.0698 e. The fourth-order valence-corrected chi connectivity index (χ4v) is 0.982. The van der Waals surface area contributed by atoms with Crippen molar-refractivity contribution >= 4 is 0 Å². The molecule has 0 atom stereocenters. The lowest BCUT2D eigenvalue weighted by molar-refractivity contribution is 0.0929. The first-order valence-corrected chi connectivity index (χ1v) is 5.39. The van der Waals surface area contributed by atoms with Crippen LogP contribution in [0.2, 0.25) is 0 Å². The van der Waals surface area contributed by atoms with E-state index in [-0.39, 0.29) is 6.61 Å². The Morgan fingerprint density at radius 3 is 2.50 bits per heavy atom. The minimum atomic E-state index is 0.102. The second-order valence-corrected chi connectivity index (χ2v) is 3.05. The number of hydrogen-bond donors (Lipinski definition) is 2. The van der Waals surface area contributed by atoms with E-state index in [0.717, 1.165) is 39.1 Å². The fourth-order valence-electron chi connectivity index (χ4n) is 0.982. The Bertz CT molecular complexity index is 89.4. The van der Waals surface area contributed by atoms with E-state index in [4.69, 9.17) is 14.6 Å². The largest absolute Gasteiger partial charge is 0.394 e. The molecule has 0 fully saturated rings. The van der Waals surface area contributed by atoms with Gasteiger partial charge in [0.2, 0.25) is 0 Å². The Morgan fingerprint density at radius 2 is 1.79 bits per heavy atom. The van der Waals surface area contributed by atoms with Crippen LogP contribution in [-0.2, 0) is 9.47 Å². The van der Waals surface area contributed by atoms with E-state index in [1.807, 2.05) is 0 Å². The lowest BCUT2D eigenvalue weighted by Gasteiger charge is -2.05. The molecule has 0 aliphatic heterocycles. The van der Waals surface area contributed by atoms with Gasteiger partial charge >= 0.3 is 0 Å². The van der Waals surface area contributed by atoms with Gasteiger partial charge in [-0.15, -0.1) is 0 Å². The smallest absolute Gasteiger partial charge is 0.0698 e. The summed E-state index contributed by atoms with van der Waals surface area (Å²) in [5, 5.41) is 11.7. The summed E-state index contributed by atoms with van der Waals surface area (Å²) >= 11 is 0. The van der Waals surface area contributed by atoms with E-state index in [9.17, 15) is 0 Å². The van der Waals surface area contributed by atoms with E-state index < -0.39 is 0 Å². The number of aliphatic hydroxyl groups excluding tert-OH is 1. The summed E-state index contributed by atoms with van der Waals surface area (Å²) in [5.74, 6) is 0. The first-order chi connectivity index (χ1) is 6.91. The first kappa shape index (κ1) is 13.8. The maximum atomic E-state index is 8.43. The molecule has 4 nitrogen and oxygen atoms in total. The van der Waals surface area contributed by atoms with Crippen molar-refractivity contribution in [2.45, 2.75) is 19.8 Å². The van der Waals surface area contributed by atoms with Crippen LogP contribution in [0.1, 0.15) is 19.8 Å². The van der Waals surface area contributed by atoms with Gasteiger partial charge in [-0.05, 0) is 19.4 Å². The van der Waals surface area contributed by atoms with Crippen molar-refractivity contribution in [1.82, 2.24) is 5.32 Å². The van der Waals surface area contributed by atoms with Crippen molar-refractivity contribution < 1.29 is 14.6 Å². The van der Waals surface area contributed by atoms with Gasteiger partial charge in [-0.2, -0.15) is 0 Å². The zero-order chi connectivity index (χ0) is 10.5. The van der Waals surface area contributed by atoms with Gasteiger partial charge in [0.1, 0.15) is 0 Å². The molecule has 0 unspecified atom stereocenters. The molecule has 0 heterocycles. The number of aliphatic hydroxyl groups is 1. The molecule has 0 amide bonds. The van der Waals surface area contributed by atoms with Crippen molar-refractivity contribution in [1.29, 1.82) is 0 Å². The van der Waals surface area contributed by atoms with Crippen LogP contribution < -0.4 is 5.32 Å². The van der Waals surface area contributed by atoms with Crippen LogP contribution in [0.3, 0.4) is 0 Å². The van der Waals surface area contributed by atoms with Crippen molar-refractivity contribution in [2.75, 3.05) is 46.1 Å². The predicted octanol–water partition coefficient (Wildman–Crippen LogP) is 0.402. The van der Waals surface area contributed by atoms with E-state index >= 15 is 0 Å². The minimum Gasteiger partial charge on any atom is -0.394 e. The predicted molar refractivity (Wildman–Crippen MR) is 56.5 cm³/mol. The summed E-state index contributed by atoms with van der Waals surface area (Å²) in [5.41, 5.74) is 0. The van der Waals surface area contributed by atoms with E-state index in [1.54, 1.807) is 0 Å². The monoisotopic (exact) mass is 205 g/mol. The number of hydrogen-bond acceptors (Lipinski definition) is 4. The molecule has 0 saturated heterocycles. The SMILES string of the molecule is CCCOCCCNCCOCCO. The van der Waals surface area contributed by atoms with Crippen LogP contribution >= 0.6 is 0 Å². The Balaban J connectivity index is 2.78. The number of ether oxygens (including phenoxy) is 2. The average Bonchev–Trinajstić information content (AvgIpc) is 2.21. The van der Waals surface area contributed by atoms with Gasteiger partial charge < -0.3 is 19.9 Å². The van der Waals surface area contributed by atoms with Gasteiger partial charge in [-0.3, -0.25) is 0 Å². The second kappa shape index (κ2) is 12.8. The standard InChI is InChI=1S/C10H23NO3/c1-2-7-13-8-3-4-11-5-9-14-10-6-12/h11-12H,2-10H2,1H3. The molecule has 0 aromatic heterocycles. The molecule has 0 saturated carbocycles. The van der Waals surface area contributed by atoms with Crippen LogP contribution in [0.15, 0.2) is 0 Å². The van der Waals surface area contributed by atoms with Crippen LogP contribution in [0, 0.1) is 0 Å². The Morgan fingerprint density at radius 1 is 1.00 bits per heavy atom. The highest BCUT2D eigenvalue weighted by atomic mass is 16.5.